The minimum absolute atomic E-state index is 0.461. The van der Waals surface area contributed by atoms with E-state index in [1.165, 1.54) is 0 Å². The molecule has 0 amide bonds. The van der Waals surface area contributed by atoms with Gasteiger partial charge in [0.2, 0.25) is 0 Å². The van der Waals surface area contributed by atoms with Crippen molar-refractivity contribution in [1.29, 1.82) is 0 Å². The van der Waals surface area contributed by atoms with Crippen molar-refractivity contribution < 1.29 is 0 Å². The van der Waals surface area contributed by atoms with Crippen molar-refractivity contribution in [2.75, 3.05) is 5.32 Å². The Bertz CT molecular complexity index is 513. The molecule has 0 radical (unpaired) electrons. The second-order valence-electron chi connectivity index (χ2n) is 5.42. The van der Waals surface area contributed by atoms with Crippen LogP contribution in [0.25, 0.3) is 5.82 Å². The van der Waals surface area contributed by atoms with Crippen LogP contribution in [0.3, 0.4) is 0 Å². The van der Waals surface area contributed by atoms with Gasteiger partial charge in [-0.25, -0.2) is 9.97 Å². The van der Waals surface area contributed by atoms with E-state index in [9.17, 15) is 0 Å². The van der Waals surface area contributed by atoms with Gasteiger partial charge in [-0.1, -0.05) is 13.8 Å². The zero-order valence-corrected chi connectivity index (χ0v) is 12.1. The van der Waals surface area contributed by atoms with Crippen molar-refractivity contribution in [3.8, 4) is 5.82 Å². The summed E-state index contributed by atoms with van der Waals surface area (Å²) in [5.41, 5.74) is 1.06. The Morgan fingerprint density at radius 2 is 2.00 bits per heavy atom. The first-order valence-corrected chi connectivity index (χ1v) is 6.79. The molecule has 2 rings (SSSR count). The Labute approximate surface area is 114 Å². The Hall–Kier alpha value is -1.84. The van der Waals surface area contributed by atoms with Crippen molar-refractivity contribution >= 4 is 5.69 Å². The standard InChI is InChI=1S/C15H22N4/c1-11(2)9-12(3)18-14-5-6-15(17-10-14)19-8-7-16-13(19)4/h5-8,10-12,18H,9H2,1-4H3. The van der Waals surface area contributed by atoms with Gasteiger partial charge >= 0.3 is 0 Å². The van der Waals surface area contributed by atoms with E-state index in [0.717, 1.165) is 23.8 Å². The molecule has 1 unspecified atom stereocenters. The average Bonchev–Trinajstić information content (AvgIpc) is 2.75. The molecule has 0 aromatic carbocycles. The molecule has 0 saturated carbocycles. The van der Waals surface area contributed by atoms with Crippen LogP contribution in [0.15, 0.2) is 30.7 Å². The number of imidazole rings is 1. The van der Waals surface area contributed by atoms with Gasteiger partial charge in [-0.05, 0) is 38.3 Å². The van der Waals surface area contributed by atoms with Crippen LogP contribution < -0.4 is 5.32 Å². The number of aromatic nitrogens is 3. The van der Waals surface area contributed by atoms with Crippen LogP contribution in [0, 0.1) is 12.8 Å². The highest BCUT2D eigenvalue weighted by atomic mass is 15.1. The van der Waals surface area contributed by atoms with Gasteiger partial charge in [0.1, 0.15) is 11.6 Å². The Balaban J connectivity index is 2.05. The fourth-order valence-corrected chi connectivity index (χ4v) is 2.28. The molecule has 1 atom stereocenters. The maximum absolute atomic E-state index is 4.47. The normalized spacial score (nSPS) is 12.7. The van der Waals surface area contributed by atoms with Gasteiger partial charge in [0.15, 0.2) is 0 Å². The van der Waals surface area contributed by atoms with Gasteiger partial charge in [0, 0.05) is 18.4 Å². The number of aryl methyl sites for hydroxylation is 1. The molecule has 0 aliphatic heterocycles. The summed E-state index contributed by atoms with van der Waals surface area (Å²) in [6.07, 6.45) is 6.74. The first kappa shape index (κ1) is 13.6. The number of anilines is 1. The Kier molecular flexibility index (Phi) is 4.20. The topological polar surface area (TPSA) is 42.7 Å². The van der Waals surface area contributed by atoms with E-state index in [1.54, 1.807) is 6.20 Å². The van der Waals surface area contributed by atoms with Crippen LogP contribution in [0.4, 0.5) is 5.69 Å². The molecule has 4 nitrogen and oxygen atoms in total. The molecular weight excluding hydrogens is 236 g/mol. The first-order valence-electron chi connectivity index (χ1n) is 6.79. The highest BCUT2D eigenvalue weighted by Gasteiger charge is 2.06. The molecule has 0 aliphatic carbocycles. The first-order chi connectivity index (χ1) is 9.06. The molecule has 4 heteroatoms. The van der Waals surface area contributed by atoms with Crippen LogP contribution in [0.1, 0.15) is 33.0 Å². The van der Waals surface area contributed by atoms with E-state index in [0.29, 0.717) is 12.0 Å². The van der Waals surface area contributed by atoms with Gasteiger partial charge in [0.05, 0.1) is 11.9 Å². The van der Waals surface area contributed by atoms with E-state index >= 15 is 0 Å². The monoisotopic (exact) mass is 258 g/mol. The molecule has 0 aliphatic rings. The van der Waals surface area contributed by atoms with Gasteiger partial charge in [-0.15, -0.1) is 0 Å². The summed E-state index contributed by atoms with van der Waals surface area (Å²) in [4.78, 5) is 8.68. The molecule has 2 aromatic rings. The summed E-state index contributed by atoms with van der Waals surface area (Å²) in [7, 11) is 0. The zero-order valence-electron chi connectivity index (χ0n) is 12.1. The SMILES string of the molecule is Cc1nccn1-c1ccc(NC(C)CC(C)C)cn1. The molecule has 0 spiro atoms. The molecule has 19 heavy (non-hydrogen) atoms. The summed E-state index contributed by atoms with van der Waals surface area (Å²) in [5, 5.41) is 3.47. The smallest absolute Gasteiger partial charge is 0.138 e. The lowest BCUT2D eigenvalue weighted by molar-refractivity contribution is 0.539. The highest BCUT2D eigenvalue weighted by Crippen LogP contribution is 2.14. The summed E-state index contributed by atoms with van der Waals surface area (Å²) < 4.78 is 1.97. The summed E-state index contributed by atoms with van der Waals surface area (Å²) in [6.45, 7) is 8.65. The lowest BCUT2D eigenvalue weighted by atomic mass is 10.1. The maximum atomic E-state index is 4.47. The van der Waals surface area contributed by atoms with Crippen LogP contribution in [-0.4, -0.2) is 20.6 Å². The lowest BCUT2D eigenvalue weighted by Gasteiger charge is -2.17. The van der Waals surface area contributed by atoms with Crippen molar-refractivity contribution in [3.05, 3.63) is 36.5 Å². The third kappa shape index (κ3) is 3.56. The van der Waals surface area contributed by atoms with Crippen molar-refractivity contribution in [2.45, 2.75) is 40.2 Å². The number of pyridine rings is 1. The number of hydrogen-bond donors (Lipinski definition) is 1. The Morgan fingerprint density at radius 1 is 1.21 bits per heavy atom. The maximum Gasteiger partial charge on any atom is 0.138 e. The van der Waals surface area contributed by atoms with Crippen molar-refractivity contribution in [1.82, 2.24) is 14.5 Å². The number of nitrogens with one attached hydrogen (secondary N) is 1. The molecule has 1 N–H and O–H groups in total. The molecule has 0 bridgehead atoms. The van der Waals surface area contributed by atoms with Crippen LogP contribution in [0.5, 0.6) is 0 Å². The lowest BCUT2D eigenvalue weighted by Crippen LogP contribution is -2.17. The van der Waals surface area contributed by atoms with Gasteiger partial charge in [0.25, 0.3) is 0 Å². The third-order valence-electron chi connectivity index (χ3n) is 3.06. The Morgan fingerprint density at radius 3 is 2.53 bits per heavy atom. The van der Waals surface area contributed by atoms with E-state index in [2.05, 4.69) is 42.1 Å². The van der Waals surface area contributed by atoms with Gasteiger partial charge in [-0.2, -0.15) is 0 Å². The molecule has 102 valence electrons. The van der Waals surface area contributed by atoms with Gasteiger partial charge in [-0.3, -0.25) is 4.57 Å². The van der Waals surface area contributed by atoms with Gasteiger partial charge < -0.3 is 5.32 Å². The second-order valence-corrected chi connectivity index (χ2v) is 5.42. The van der Waals surface area contributed by atoms with Crippen LogP contribution >= 0.6 is 0 Å². The number of nitrogens with zero attached hydrogens (tertiary/aromatic N) is 3. The minimum Gasteiger partial charge on any atom is -0.381 e. The molecule has 2 heterocycles. The average molecular weight is 258 g/mol. The predicted molar refractivity (Wildman–Crippen MR) is 78.6 cm³/mol. The molecule has 0 fully saturated rings. The fraction of sp³-hybridized carbons (Fsp3) is 0.467. The minimum atomic E-state index is 0.461. The van der Waals surface area contributed by atoms with Crippen molar-refractivity contribution in [3.63, 3.8) is 0 Å². The number of hydrogen-bond acceptors (Lipinski definition) is 3. The van der Waals surface area contributed by atoms with Crippen LogP contribution in [0.2, 0.25) is 0 Å². The zero-order chi connectivity index (χ0) is 13.8. The van der Waals surface area contributed by atoms with Crippen molar-refractivity contribution in [2.24, 2.45) is 5.92 Å². The summed E-state index contributed by atoms with van der Waals surface area (Å²) >= 11 is 0. The third-order valence-corrected chi connectivity index (χ3v) is 3.06. The molecule has 2 aromatic heterocycles. The van der Waals surface area contributed by atoms with E-state index in [4.69, 9.17) is 0 Å². The van der Waals surface area contributed by atoms with E-state index < -0.39 is 0 Å². The fourth-order valence-electron chi connectivity index (χ4n) is 2.28. The number of rotatable bonds is 5. The van der Waals surface area contributed by atoms with Crippen LogP contribution in [-0.2, 0) is 0 Å². The summed E-state index contributed by atoms with van der Waals surface area (Å²) in [6, 6.07) is 4.54. The highest BCUT2D eigenvalue weighted by molar-refractivity contribution is 5.44. The quantitative estimate of drug-likeness (QED) is 0.893. The second kappa shape index (κ2) is 5.87. The van der Waals surface area contributed by atoms with E-state index in [1.807, 2.05) is 30.0 Å². The largest absolute Gasteiger partial charge is 0.381 e. The predicted octanol–water partition coefficient (Wildman–Crippen LogP) is 3.42. The molecule has 0 saturated heterocycles. The van der Waals surface area contributed by atoms with E-state index in [-0.39, 0.29) is 0 Å². The molecular formula is C15H22N4. The summed E-state index contributed by atoms with van der Waals surface area (Å²) in [5.74, 6) is 2.54.